The molecule has 1 heterocycles. The van der Waals surface area contributed by atoms with Crippen molar-refractivity contribution in [3.8, 4) is 5.75 Å². The van der Waals surface area contributed by atoms with Crippen LogP contribution in [0.1, 0.15) is 37.1 Å². The number of hydrogen-bond donors (Lipinski definition) is 2. The Morgan fingerprint density at radius 2 is 1.91 bits per heavy atom. The van der Waals surface area contributed by atoms with Gasteiger partial charge in [0.05, 0.1) is 23.0 Å². The fourth-order valence-corrected chi connectivity index (χ4v) is 4.29. The maximum atomic E-state index is 12.7. The van der Waals surface area contributed by atoms with E-state index in [4.69, 9.17) is 14.7 Å². The highest BCUT2D eigenvalue weighted by atomic mass is 16.5. The van der Waals surface area contributed by atoms with E-state index in [9.17, 15) is 9.59 Å². The Morgan fingerprint density at radius 1 is 1.18 bits per heavy atom. The zero-order valence-corrected chi connectivity index (χ0v) is 19.0. The van der Waals surface area contributed by atoms with Crippen LogP contribution >= 0.6 is 0 Å². The van der Waals surface area contributed by atoms with E-state index >= 15 is 0 Å². The quantitative estimate of drug-likeness (QED) is 0.306. The summed E-state index contributed by atoms with van der Waals surface area (Å²) in [7, 11) is 0. The molecular formula is C26H28N2O5. The largest absolute Gasteiger partial charge is 0.489 e. The van der Waals surface area contributed by atoms with E-state index in [1.807, 2.05) is 61.5 Å². The lowest BCUT2D eigenvalue weighted by Gasteiger charge is -2.18. The van der Waals surface area contributed by atoms with Crippen molar-refractivity contribution in [3.05, 3.63) is 71.4 Å². The average molecular weight is 449 g/mol. The lowest BCUT2D eigenvalue weighted by molar-refractivity contribution is -0.156. The molecule has 7 nitrogen and oxygen atoms in total. The number of hydrogen-bond acceptors (Lipinski definition) is 6. The van der Waals surface area contributed by atoms with Gasteiger partial charge >= 0.3 is 5.97 Å². The summed E-state index contributed by atoms with van der Waals surface area (Å²) in [5.74, 6) is -0.869. The molecule has 2 N–H and O–H groups in total. The van der Waals surface area contributed by atoms with Gasteiger partial charge in [-0.25, -0.2) is 5.48 Å². The molecule has 2 unspecified atom stereocenters. The number of fused-ring (bicyclic) bond motifs is 1. The van der Waals surface area contributed by atoms with Crippen LogP contribution in [-0.2, 0) is 27.4 Å². The summed E-state index contributed by atoms with van der Waals surface area (Å²) in [5.41, 5.74) is 4.54. The van der Waals surface area contributed by atoms with Gasteiger partial charge in [-0.1, -0.05) is 30.3 Å². The van der Waals surface area contributed by atoms with E-state index in [2.05, 4.69) is 4.98 Å². The van der Waals surface area contributed by atoms with Gasteiger partial charge in [0.1, 0.15) is 12.4 Å². The molecule has 172 valence electrons. The van der Waals surface area contributed by atoms with Crippen LogP contribution in [0.3, 0.4) is 0 Å². The second-order valence-corrected chi connectivity index (χ2v) is 8.89. The second kappa shape index (κ2) is 9.19. The molecule has 0 radical (unpaired) electrons. The van der Waals surface area contributed by atoms with Gasteiger partial charge in [-0.15, -0.1) is 0 Å². The number of nitrogens with one attached hydrogen (secondary N) is 1. The van der Waals surface area contributed by atoms with Crippen LogP contribution in [0, 0.1) is 18.3 Å². The highest BCUT2D eigenvalue weighted by Gasteiger charge is 2.64. The summed E-state index contributed by atoms with van der Waals surface area (Å²) in [6.45, 7) is 5.92. The maximum absolute atomic E-state index is 12.7. The molecule has 1 aromatic heterocycles. The maximum Gasteiger partial charge on any atom is 0.313 e. The SMILES string of the molecule is Cc1cc(COc2ccc(CC3(C(=O)OC(C)C)CC3C(=O)NO)cc2)c2ccccc2n1. The molecule has 0 aliphatic heterocycles. The van der Waals surface area contributed by atoms with E-state index in [1.165, 1.54) is 0 Å². The van der Waals surface area contributed by atoms with E-state index in [0.717, 1.165) is 27.7 Å². The van der Waals surface area contributed by atoms with Crippen molar-refractivity contribution in [2.45, 2.75) is 46.3 Å². The molecule has 1 fully saturated rings. The number of esters is 1. The van der Waals surface area contributed by atoms with Gasteiger partial charge in [0.15, 0.2) is 0 Å². The fraction of sp³-hybridized carbons (Fsp3) is 0.346. The van der Waals surface area contributed by atoms with Gasteiger partial charge in [0, 0.05) is 16.6 Å². The van der Waals surface area contributed by atoms with E-state index < -0.39 is 23.2 Å². The van der Waals surface area contributed by atoms with Crippen LogP contribution in [0.4, 0.5) is 0 Å². The number of benzene rings is 2. The Bertz CT molecular complexity index is 1180. The number of nitrogens with zero attached hydrogens (tertiary/aromatic N) is 1. The Labute approximate surface area is 192 Å². The van der Waals surface area contributed by atoms with Gasteiger partial charge in [-0.3, -0.25) is 19.8 Å². The van der Waals surface area contributed by atoms with Gasteiger partial charge in [0.25, 0.3) is 0 Å². The second-order valence-electron chi connectivity index (χ2n) is 8.89. The summed E-state index contributed by atoms with van der Waals surface area (Å²) in [4.78, 5) is 29.3. The third-order valence-electron chi connectivity index (χ3n) is 6.02. The summed E-state index contributed by atoms with van der Waals surface area (Å²) in [5, 5.41) is 10.1. The molecule has 1 aliphatic carbocycles. The smallest absolute Gasteiger partial charge is 0.313 e. The van der Waals surface area contributed by atoms with Crippen molar-refractivity contribution in [2.75, 3.05) is 0 Å². The number of hydroxylamine groups is 1. The zero-order valence-electron chi connectivity index (χ0n) is 19.0. The average Bonchev–Trinajstić information content (AvgIpc) is 3.52. The predicted molar refractivity (Wildman–Crippen MR) is 123 cm³/mol. The highest BCUT2D eigenvalue weighted by Crippen LogP contribution is 2.56. The van der Waals surface area contributed by atoms with Crippen LogP contribution in [0.5, 0.6) is 5.75 Å². The first kappa shape index (κ1) is 22.7. The van der Waals surface area contributed by atoms with Crippen molar-refractivity contribution < 1.29 is 24.3 Å². The first-order valence-electron chi connectivity index (χ1n) is 11.0. The van der Waals surface area contributed by atoms with Crippen molar-refractivity contribution in [1.29, 1.82) is 0 Å². The molecule has 0 bridgehead atoms. The monoisotopic (exact) mass is 448 g/mol. The fourth-order valence-electron chi connectivity index (χ4n) is 4.29. The van der Waals surface area contributed by atoms with Crippen molar-refractivity contribution in [1.82, 2.24) is 10.5 Å². The van der Waals surface area contributed by atoms with Gasteiger partial charge in [0.2, 0.25) is 5.91 Å². The lowest BCUT2D eigenvalue weighted by Crippen LogP contribution is -2.31. The number of amides is 1. The lowest BCUT2D eigenvalue weighted by atomic mass is 9.93. The molecule has 0 spiro atoms. The van der Waals surface area contributed by atoms with E-state index in [-0.39, 0.29) is 6.10 Å². The number of aryl methyl sites for hydroxylation is 1. The van der Waals surface area contributed by atoms with E-state index in [0.29, 0.717) is 25.2 Å². The highest BCUT2D eigenvalue weighted by molar-refractivity contribution is 5.93. The number of para-hydroxylation sites is 1. The normalized spacial score (nSPS) is 19.4. The molecule has 0 saturated heterocycles. The van der Waals surface area contributed by atoms with Crippen molar-refractivity contribution >= 4 is 22.8 Å². The molecule has 33 heavy (non-hydrogen) atoms. The number of aromatic nitrogens is 1. The molecule has 1 saturated carbocycles. The summed E-state index contributed by atoms with van der Waals surface area (Å²) < 4.78 is 11.4. The molecule has 3 aromatic rings. The molecule has 2 atom stereocenters. The van der Waals surface area contributed by atoms with Crippen LogP contribution in [0.2, 0.25) is 0 Å². The third kappa shape index (κ3) is 4.83. The molecule has 1 aliphatic rings. The van der Waals surface area contributed by atoms with Gasteiger partial charge in [-0.2, -0.15) is 0 Å². The molecular weight excluding hydrogens is 420 g/mol. The number of ether oxygens (including phenoxy) is 2. The zero-order chi connectivity index (χ0) is 23.6. The number of carbonyl (C=O) groups excluding carboxylic acids is 2. The molecule has 7 heteroatoms. The Morgan fingerprint density at radius 3 is 2.61 bits per heavy atom. The molecule has 1 amide bonds. The first-order valence-corrected chi connectivity index (χ1v) is 11.0. The van der Waals surface area contributed by atoms with Crippen LogP contribution in [0.15, 0.2) is 54.6 Å². The Kier molecular flexibility index (Phi) is 6.33. The Hall–Kier alpha value is -3.45. The van der Waals surface area contributed by atoms with Gasteiger partial charge < -0.3 is 9.47 Å². The van der Waals surface area contributed by atoms with Crippen molar-refractivity contribution in [2.24, 2.45) is 11.3 Å². The van der Waals surface area contributed by atoms with Gasteiger partial charge in [-0.05, 0) is 63.4 Å². The summed E-state index contributed by atoms with van der Waals surface area (Å²) >= 11 is 0. The molecule has 2 aromatic carbocycles. The first-order chi connectivity index (χ1) is 15.8. The summed E-state index contributed by atoms with van der Waals surface area (Å²) in [6.07, 6.45) is 0.416. The number of carbonyl (C=O) groups is 2. The van der Waals surface area contributed by atoms with Crippen LogP contribution < -0.4 is 10.2 Å². The molecule has 4 rings (SSSR count). The van der Waals surface area contributed by atoms with E-state index in [1.54, 1.807) is 19.3 Å². The number of rotatable bonds is 8. The minimum Gasteiger partial charge on any atom is -0.489 e. The Balaban J connectivity index is 1.46. The van der Waals surface area contributed by atoms with Crippen LogP contribution in [-0.4, -0.2) is 28.2 Å². The third-order valence-corrected chi connectivity index (χ3v) is 6.02. The summed E-state index contributed by atoms with van der Waals surface area (Å²) in [6, 6.07) is 17.5. The minimum absolute atomic E-state index is 0.281. The predicted octanol–water partition coefficient (Wildman–Crippen LogP) is 4.13. The number of pyridine rings is 1. The van der Waals surface area contributed by atoms with Crippen LogP contribution in [0.25, 0.3) is 10.9 Å². The topological polar surface area (TPSA) is 97.8 Å². The van der Waals surface area contributed by atoms with Crippen molar-refractivity contribution in [3.63, 3.8) is 0 Å². The minimum atomic E-state index is -0.951. The standard InChI is InChI=1S/C26H28N2O5/c1-16(2)33-25(30)26(14-22(26)24(29)28-31)13-18-8-10-20(11-9-18)32-15-19-12-17(3)27-23-7-5-4-6-21(19)23/h4-12,16,22,31H,13-15H2,1-3H3,(H,28,29).